The summed E-state index contributed by atoms with van der Waals surface area (Å²) < 4.78 is 22.5. The molecule has 0 spiro atoms. The molecule has 0 bridgehead atoms. The molecular weight excluding hydrogens is 222 g/mol. The van der Waals surface area contributed by atoms with Crippen molar-refractivity contribution in [3.63, 3.8) is 0 Å². The second-order valence-corrected chi connectivity index (χ2v) is 6.74. The van der Waals surface area contributed by atoms with Gasteiger partial charge in [0, 0.05) is 12.2 Å². The molecule has 88 valence electrons. The van der Waals surface area contributed by atoms with Gasteiger partial charge in [-0.2, -0.15) is 0 Å². The summed E-state index contributed by atoms with van der Waals surface area (Å²) in [4.78, 5) is 0. The molecule has 0 radical (unpaired) electrons. The summed E-state index contributed by atoms with van der Waals surface area (Å²) in [6, 6.07) is 8.15. The average Bonchev–Trinajstić information content (AvgIpc) is 2.58. The van der Waals surface area contributed by atoms with Crippen LogP contribution in [-0.2, 0) is 9.84 Å². The Morgan fingerprint density at radius 3 is 2.56 bits per heavy atom. The van der Waals surface area contributed by atoms with Crippen molar-refractivity contribution in [1.82, 2.24) is 0 Å². The smallest absolute Gasteiger partial charge is 0.150 e. The van der Waals surface area contributed by atoms with E-state index in [0.29, 0.717) is 11.5 Å². The van der Waals surface area contributed by atoms with Crippen LogP contribution in [0.5, 0.6) is 0 Å². The van der Waals surface area contributed by atoms with Gasteiger partial charge in [-0.05, 0) is 31.4 Å². The summed E-state index contributed by atoms with van der Waals surface area (Å²) in [5, 5.41) is 3.29. The maximum Gasteiger partial charge on any atom is 0.150 e. The molecule has 1 aromatic rings. The molecule has 0 saturated carbocycles. The predicted octanol–water partition coefficient (Wildman–Crippen LogP) is 1.84. The third-order valence-corrected chi connectivity index (χ3v) is 4.81. The number of nitrogens with one attached hydrogen (secondary N) is 1. The van der Waals surface area contributed by atoms with Crippen molar-refractivity contribution in [2.24, 2.45) is 5.92 Å². The highest BCUT2D eigenvalue weighted by molar-refractivity contribution is 7.91. The van der Waals surface area contributed by atoms with E-state index in [-0.39, 0.29) is 5.92 Å². The van der Waals surface area contributed by atoms with Crippen LogP contribution in [0.3, 0.4) is 0 Å². The van der Waals surface area contributed by atoms with Crippen molar-refractivity contribution in [2.75, 3.05) is 23.4 Å². The number of hydrogen-bond donors (Lipinski definition) is 1. The molecule has 0 amide bonds. The minimum absolute atomic E-state index is 0.270. The fourth-order valence-electron chi connectivity index (χ4n) is 1.97. The molecule has 3 nitrogen and oxygen atoms in total. The van der Waals surface area contributed by atoms with Crippen LogP contribution in [0.15, 0.2) is 24.3 Å². The van der Waals surface area contributed by atoms with Crippen molar-refractivity contribution >= 4 is 15.5 Å². The van der Waals surface area contributed by atoms with E-state index in [1.165, 1.54) is 5.56 Å². The van der Waals surface area contributed by atoms with Gasteiger partial charge in [0.05, 0.1) is 11.5 Å². The monoisotopic (exact) mass is 239 g/mol. The van der Waals surface area contributed by atoms with Crippen LogP contribution in [-0.4, -0.2) is 26.5 Å². The van der Waals surface area contributed by atoms with Crippen molar-refractivity contribution in [3.05, 3.63) is 29.8 Å². The Kier molecular flexibility index (Phi) is 3.19. The Hall–Kier alpha value is -1.03. The van der Waals surface area contributed by atoms with E-state index in [1.54, 1.807) is 0 Å². The highest BCUT2D eigenvalue weighted by Crippen LogP contribution is 2.19. The second-order valence-electron chi connectivity index (χ2n) is 4.52. The SMILES string of the molecule is Cc1ccc(NC[C@@H]2CCS(=O)(=O)C2)cc1. The van der Waals surface area contributed by atoms with E-state index in [1.807, 2.05) is 31.2 Å². The van der Waals surface area contributed by atoms with Crippen LogP contribution in [0, 0.1) is 12.8 Å². The third kappa shape index (κ3) is 2.98. The summed E-state index contributed by atoms with van der Waals surface area (Å²) in [6.45, 7) is 2.80. The van der Waals surface area contributed by atoms with Gasteiger partial charge >= 0.3 is 0 Å². The van der Waals surface area contributed by atoms with Crippen LogP contribution >= 0.6 is 0 Å². The minimum atomic E-state index is -2.75. The van der Waals surface area contributed by atoms with E-state index in [2.05, 4.69) is 5.32 Å². The first kappa shape index (κ1) is 11.5. The van der Waals surface area contributed by atoms with Crippen LogP contribution in [0.1, 0.15) is 12.0 Å². The molecule has 1 saturated heterocycles. The minimum Gasteiger partial charge on any atom is -0.385 e. The van der Waals surface area contributed by atoms with E-state index in [4.69, 9.17) is 0 Å². The van der Waals surface area contributed by atoms with Gasteiger partial charge in [0.15, 0.2) is 9.84 Å². The van der Waals surface area contributed by atoms with Gasteiger partial charge in [-0.15, -0.1) is 0 Å². The molecule has 1 N–H and O–H groups in total. The maximum atomic E-state index is 11.3. The molecule has 1 atom stereocenters. The fraction of sp³-hybridized carbons (Fsp3) is 0.500. The van der Waals surface area contributed by atoms with Gasteiger partial charge in [0.1, 0.15) is 0 Å². The zero-order valence-corrected chi connectivity index (χ0v) is 10.3. The van der Waals surface area contributed by atoms with Gasteiger partial charge in [0.25, 0.3) is 0 Å². The molecule has 0 aliphatic carbocycles. The number of benzene rings is 1. The van der Waals surface area contributed by atoms with Crippen LogP contribution in [0.2, 0.25) is 0 Å². The fourth-order valence-corrected chi connectivity index (χ4v) is 3.83. The van der Waals surface area contributed by atoms with E-state index < -0.39 is 9.84 Å². The lowest BCUT2D eigenvalue weighted by Crippen LogP contribution is -2.15. The first-order chi connectivity index (χ1) is 7.55. The zero-order valence-electron chi connectivity index (χ0n) is 9.44. The molecule has 4 heteroatoms. The van der Waals surface area contributed by atoms with Crippen LogP contribution in [0.25, 0.3) is 0 Å². The van der Waals surface area contributed by atoms with E-state index in [0.717, 1.165) is 18.7 Å². The maximum absolute atomic E-state index is 11.3. The standard InChI is InChI=1S/C12H17NO2S/c1-10-2-4-12(5-3-10)13-8-11-6-7-16(14,15)9-11/h2-5,11,13H,6-9H2,1H3/t11-/m0/s1. The Bertz CT molecular complexity index is 450. The highest BCUT2D eigenvalue weighted by Gasteiger charge is 2.27. The van der Waals surface area contributed by atoms with Gasteiger partial charge in [-0.3, -0.25) is 0 Å². The summed E-state index contributed by atoms with van der Waals surface area (Å²) in [6.07, 6.45) is 0.793. The molecule has 0 unspecified atom stereocenters. The molecule has 2 rings (SSSR count). The largest absolute Gasteiger partial charge is 0.385 e. The highest BCUT2D eigenvalue weighted by atomic mass is 32.2. The first-order valence-electron chi connectivity index (χ1n) is 5.56. The zero-order chi connectivity index (χ0) is 11.6. The number of rotatable bonds is 3. The van der Waals surface area contributed by atoms with Crippen molar-refractivity contribution in [3.8, 4) is 0 Å². The van der Waals surface area contributed by atoms with Crippen molar-refractivity contribution < 1.29 is 8.42 Å². The lowest BCUT2D eigenvalue weighted by molar-refractivity contribution is 0.596. The lowest BCUT2D eigenvalue weighted by Gasteiger charge is -2.10. The summed E-state index contributed by atoms with van der Waals surface area (Å²) in [5.41, 5.74) is 2.30. The first-order valence-corrected chi connectivity index (χ1v) is 7.38. The molecule has 1 aromatic carbocycles. The van der Waals surface area contributed by atoms with Crippen LogP contribution in [0.4, 0.5) is 5.69 Å². The topological polar surface area (TPSA) is 46.2 Å². The molecule has 0 aromatic heterocycles. The number of aryl methyl sites for hydroxylation is 1. The summed E-state index contributed by atoms with van der Waals surface area (Å²) >= 11 is 0. The average molecular weight is 239 g/mol. The molecule has 1 heterocycles. The molecule has 16 heavy (non-hydrogen) atoms. The Morgan fingerprint density at radius 2 is 2.00 bits per heavy atom. The Balaban J connectivity index is 1.87. The molecule has 1 aliphatic heterocycles. The second kappa shape index (κ2) is 4.45. The van der Waals surface area contributed by atoms with Gasteiger partial charge in [-0.25, -0.2) is 8.42 Å². The van der Waals surface area contributed by atoms with Crippen molar-refractivity contribution in [2.45, 2.75) is 13.3 Å². The van der Waals surface area contributed by atoms with Gasteiger partial charge in [-0.1, -0.05) is 17.7 Å². The lowest BCUT2D eigenvalue weighted by atomic mass is 10.1. The number of sulfone groups is 1. The summed E-state index contributed by atoms with van der Waals surface area (Å²) in [7, 11) is -2.75. The quantitative estimate of drug-likeness (QED) is 0.875. The molecule has 1 fully saturated rings. The summed E-state index contributed by atoms with van der Waals surface area (Å²) in [5.74, 6) is 0.963. The molecular formula is C12H17NO2S. The predicted molar refractivity (Wildman–Crippen MR) is 66.4 cm³/mol. The van der Waals surface area contributed by atoms with Crippen molar-refractivity contribution in [1.29, 1.82) is 0 Å². The normalized spacial score (nSPS) is 23.2. The van der Waals surface area contributed by atoms with Crippen LogP contribution < -0.4 is 5.32 Å². The van der Waals surface area contributed by atoms with E-state index >= 15 is 0 Å². The Morgan fingerprint density at radius 1 is 1.31 bits per heavy atom. The number of hydrogen-bond acceptors (Lipinski definition) is 3. The van der Waals surface area contributed by atoms with Gasteiger partial charge < -0.3 is 5.32 Å². The Labute approximate surface area is 96.8 Å². The third-order valence-electron chi connectivity index (χ3n) is 2.97. The van der Waals surface area contributed by atoms with E-state index in [9.17, 15) is 8.42 Å². The number of anilines is 1. The molecule has 1 aliphatic rings. The van der Waals surface area contributed by atoms with Gasteiger partial charge in [0.2, 0.25) is 0 Å².